The molecule has 2 unspecified atom stereocenters. The molecule has 2 heterocycles. The molecule has 1 aliphatic carbocycles. The molecule has 5 heteroatoms. The molecule has 1 fully saturated rings. The molecule has 30 heavy (non-hydrogen) atoms. The molecular weight excluding hydrogens is 394 g/mol. The molecule has 1 aliphatic heterocycles. The van der Waals surface area contributed by atoms with E-state index in [2.05, 4.69) is 36.4 Å². The molecule has 0 spiro atoms. The Labute approximate surface area is 180 Å². The summed E-state index contributed by atoms with van der Waals surface area (Å²) in [5.74, 6) is 0.0686. The minimum Gasteiger partial charge on any atom is -0.448 e. The third kappa shape index (κ3) is 3.53. The highest BCUT2D eigenvalue weighted by atomic mass is 32.1. The highest BCUT2D eigenvalue weighted by Gasteiger charge is 2.34. The van der Waals surface area contributed by atoms with E-state index in [1.807, 2.05) is 34.5 Å². The van der Waals surface area contributed by atoms with E-state index >= 15 is 0 Å². The van der Waals surface area contributed by atoms with Gasteiger partial charge in [0.2, 0.25) is 0 Å². The van der Waals surface area contributed by atoms with E-state index < -0.39 is 6.10 Å². The van der Waals surface area contributed by atoms with E-state index in [0.717, 1.165) is 17.7 Å². The number of thiophene rings is 1. The summed E-state index contributed by atoms with van der Waals surface area (Å²) in [5.41, 5.74) is 4.90. The molecule has 2 aliphatic rings. The SMILES string of the molecule is O=C(OCC1c2ccccc2-c2ccccc21)N1CCCC1CC(O)c1cccs1. The molecule has 1 saturated heterocycles. The quantitative estimate of drug-likeness (QED) is 0.587. The van der Waals surface area contributed by atoms with Crippen LogP contribution in [0.2, 0.25) is 0 Å². The Morgan fingerprint density at radius 3 is 2.43 bits per heavy atom. The predicted octanol–water partition coefficient (Wildman–Crippen LogP) is 5.59. The van der Waals surface area contributed by atoms with Gasteiger partial charge in [-0.2, -0.15) is 0 Å². The first-order valence-electron chi connectivity index (χ1n) is 10.6. The van der Waals surface area contributed by atoms with E-state index in [4.69, 9.17) is 4.74 Å². The number of likely N-dealkylation sites (tertiary alicyclic amines) is 1. The minimum absolute atomic E-state index is 0.0257. The lowest BCUT2D eigenvalue weighted by atomic mass is 9.98. The van der Waals surface area contributed by atoms with E-state index in [9.17, 15) is 9.90 Å². The van der Waals surface area contributed by atoms with Crippen LogP contribution in [0.1, 0.15) is 47.3 Å². The second-order valence-corrected chi connectivity index (χ2v) is 9.04. The number of rotatable bonds is 5. The Morgan fingerprint density at radius 2 is 1.77 bits per heavy atom. The maximum Gasteiger partial charge on any atom is 0.410 e. The van der Waals surface area contributed by atoms with Gasteiger partial charge >= 0.3 is 6.09 Å². The monoisotopic (exact) mass is 419 g/mol. The highest BCUT2D eigenvalue weighted by Crippen LogP contribution is 2.44. The number of benzene rings is 2. The number of aliphatic hydroxyl groups is 1. The number of amides is 1. The van der Waals surface area contributed by atoms with Gasteiger partial charge in [-0.05, 0) is 53.0 Å². The highest BCUT2D eigenvalue weighted by molar-refractivity contribution is 7.10. The van der Waals surface area contributed by atoms with Crippen molar-refractivity contribution in [3.8, 4) is 11.1 Å². The molecule has 2 atom stereocenters. The molecule has 0 bridgehead atoms. The van der Waals surface area contributed by atoms with E-state index in [1.165, 1.54) is 22.3 Å². The molecule has 1 aromatic heterocycles. The van der Waals surface area contributed by atoms with Crippen LogP contribution < -0.4 is 0 Å². The van der Waals surface area contributed by atoms with Crippen LogP contribution in [-0.4, -0.2) is 35.3 Å². The fourth-order valence-corrected chi connectivity index (χ4v) is 5.58. The minimum atomic E-state index is -0.531. The summed E-state index contributed by atoms with van der Waals surface area (Å²) in [7, 11) is 0. The van der Waals surface area contributed by atoms with Gasteiger partial charge in [-0.3, -0.25) is 0 Å². The number of carbonyl (C=O) groups is 1. The Kier molecular flexibility index (Phi) is 5.32. The maximum atomic E-state index is 12.9. The van der Waals surface area contributed by atoms with Crippen molar-refractivity contribution in [2.45, 2.75) is 37.3 Å². The average Bonchev–Trinajstić information content (AvgIpc) is 3.51. The van der Waals surface area contributed by atoms with Crippen LogP contribution in [0.25, 0.3) is 11.1 Å². The van der Waals surface area contributed by atoms with Gasteiger partial charge in [0.25, 0.3) is 0 Å². The van der Waals surface area contributed by atoms with Crippen molar-refractivity contribution >= 4 is 17.4 Å². The lowest BCUT2D eigenvalue weighted by Crippen LogP contribution is -2.37. The zero-order valence-electron chi connectivity index (χ0n) is 16.7. The van der Waals surface area contributed by atoms with Crippen LogP contribution in [0.15, 0.2) is 66.0 Å². The number of hydrogen-bond acceptors (Lipinski definition) is 4. The van der Waals surface area contributed by atoms with Crippen LogP contribution >= 0.6 is 11.3 Å². The Balaban J connectivity index is 1.27. The number of fused-ring (bicyclic) bond motifs is 3. The summed E-state index contributed by atoms with van der Waals surface area (Å²) in [5, 5.41) is 12.5. The average molecular weight is 420 g/mol. The van der Waals surface area contributed by atoms with Crippen molar-refractivity contribution in [1.82, 2.24) is 4.90 Å². The zero-order valence-corrected chi connectivity index (χ0v) is 17.6. The topological polar surface area (TPSA) is 49.8 Å². The standard InChI is InChI=1S/C25H25NO3S/c27-23(24-12-6-14-30-24)15-17-7-5-13-26(17)25(28)29-16-22-20-10-3-1-8-18(20)19-9-2-4-11-21(19)22/h1-4,6,8-12,14,17,22-23,27H,5,7,13,15-16H2. The van der Waals surface area contributed by atoms with Crippen molar-refractivity contribution in [2.75, 3.05) is 13.2 Å². The number of nitrogens with zero attached hydrogens (tertiary/aromatic N) is 1. The van der Waals surface area contributed by atoms with Gasteiger partial charge in [0.05, 0.1) is 6.10 Å². The van der Waals surface area contributed by atoms with Crippen LogP contribution in [0.3, 0.4) is 0 Å². The normalized spacial score (nSPS) is 18.8. The molecule has 0 saturated carbocycles. The largest absolute Gasteiger partial charge is 0.448 e. The molecule has 2 aromatic carbocycles. The number of hydrogen-bond donors (Lipinski definition) is 1. The van der Waals surface area contributed by atoms with Gasteiger partial charge in [-0.25, -0.2) is 4.79 Å². The van der Waals surface area contributed by atoms with Gasteiger partial charge < -0.3 is 14.7 Å². The second kappa shape index (κ2) is 8.25. The van der Waals surface area contributed by atoms with Gasteiger partial charge in [-0.15, -0.1) is 11.3 Å². The third-order valence-corrected chi connectivity index (χ3v) is 7.29. The van der Waals surface area contributed by atoms with Gasteiger partial charge in [0.15, 0.2) is 0 Å². The van der Waals surface area contributed by atoms with E-state index in [-0.39, 0.29) is 18.1 Å². The first kappa shape index (κ1) is 19.3. The van der Waals surface area contributed by atoms with E-state index in [0.29, 0.717) is 19.6 Å². The summed E-state index contributed by atoms with van der Waals surface area (Å²) in [6.45, 7) is 1.03. The molecule has 3 aromatic rings. The van der Waals surface area contributed by atoms with Crippen LogP contribution in [0, 0.1) is 0 Å². The summed E-state index contributed by atoms with van der Waals surface area (Å²) in [4.78, 5) is 15.7. The summed E-state index contributed by atoms with van der Waals surface area (Å²) in [6.07, 6.45) is 1.62. The van der Waals surface area contributed by atoms with Crippen LogP contribution in [-0.2, 0) is 4.74 Å². The number of aliphatic hydroxyl groups excluding tert-OH is 1. The van der Waals surface area contributed by atoms with Crippen molar-refractivity contribution in [2.24, 2.45) is 0 Å². The fourth-order valence-electron chi connectivity index (χ4n) is 4.85. The molecule has 4 nitrogen and oxygen atoms in total. The summed E-state index contributed by atoms with van der Waals surface area (Å²) >= 11 is 1.55. The molecule has 1 amide bonds. The Bertz CT molecular complexity index is 987. The molecule has 5 rings (SSSR count). The molecule has 154 valence electrons. The van der Waals surface area contributed by atoms with Crippen molar-refractivity contribution < 1.29 is 14.6 Å². The van der Waals surface area contributed by atoms with Gasteiger partial charge in [0.1, 0.15) is 6.61 Å². The molecular formula is C25H25NO3S. The lowest BCUT2D eigenvalue weighted by Gasteiger charge is -2.26. The maximum absolute atomic E-state index is 12.9. The zero-order chi connectivity index (χ0) is 20.5. The third-order valence-electron chi connectivity index (χ3n) is 6.31. The summed E-state index contributed by atoms with van der Waals surface area (Å²) in [6, 6.07) is 20.6. The van der Waals surface area contributed by atoms with Gasteiger partial charge in [0, 0.05) is 23.4 Å². The van der Waals surface area contributed by atoms with Gasteiger partial charge in [-0.1, -0.05) is 54.6 Å². The predicted molar refractivity (Wildman–Crippen MR) is 119 cm³/mol. The summed E-state index contributed by atoms with van der Waals surface area (Å²) < 4.78 is 5.83. The van der Waals surface area contributed by atoms with Crippen molar-refractivity contribution in [3.05, 3.63) is 82.0 Å². The first-order chi connectivity index (χ1) is 14.7. The van der Waals surface area contributed by atoms with Crippen LogP contribution in [0.5, 0.6) is 0 Å². The van der Waals surface area contributed by atoms with Crippen molar-refractivity contribution in [1.29, 1.82) is 0 Å². The van der Waals surface area contributed by atoms with Crippen molar-refractivity contribution in [3.63, 3.8) is 0 Å². The first-order valence-corrected chi connectivity index (χ1v) is 11.4. The molecule has 0 radical (unpaired) electrons. The smallest absolute Gasteiger partial charge is 0.410 e. The number of ether oxygens (including phenoxy) is 1. The van der Waals surface area contributed by atoms with E-state index in [1.54, 1.807) is 11.3 Å². The fraction of sp³-hybridized carbons (Fsp3) is 0.320. The Morgan fingerprint density at radius 1 is 1.07 bits per heavy atom. The number of carbonyl (C=O) groups excluding carboxylic acids is 1. The lowest BCUT2D eigenvalue weighted by molar-refractivity contribution is 0.0797. The van der Waals surface area contributed by atoms with Crippen LogP contribution in [0.4, 0.5) is 4.79 Å². The Hall–Kier alpha value is -2.63. The second-order valence-electron chi connectivity index (χ2n) is 8.06. The molecule has 1 N–H and O–H groups in total.